The van der Waals surface area contributed by atoms with Gasteiger partial charge in [0.15, 0.2) is 5.17 Å². The number of hydrogen-bond donors (Lipinski definition) is 2. The summed E-state index contributed by atoms with van der Waals surface area (Å²) in [5.74, 6) is 0.700. The zero-order valence-corrected chi connectivity index (χ0v) is 23.0. The van der Waals surface area contributed by atoms with E-state index in [-0.39, 0.29) is 23.1 Å². The molecule has 1 heterocycles. The molecular formula is C27H28N4O6S2. The van der Waals surface area contributed by atoms with Gasteiger partial charge in [0, 0.05) is 13.0 Å². The number of nitrogens with two attached hydrogens (primary N) is 1. The van der Waals surface area contributed by atoms with Crippen LogP contribution in [-0.2, 0) is 26.0 Å². The zero-order chi connectivity index (χ0) is 28.0. The number of amidine groups is 1. The minimum atomic E-state index is -3.76. The first kappa shape index (κ1) is 28.1. The molecule has 3 N–H and O–H groups in total. The van der Waals surface area contributed by atoms with Gasteiger partial charge in [0.2, 0.25) is 21.8 Å². The zero-order valence-electron chi connectivity index (χ0n) is 21.4. The number of imide groups is 1. The summed E-state index contributed by atoms with van der Waals surface area (Å²) in [5, 5.41) is 8.25. The molecule has 1 saturated heterocycles. The molecule has 3 aromatic rings. The first-order valence-corrected chi connectivity index (χ1v) is 14.4. The standard InChI is InChI=1S/C27H28N4O6S2/c1-36-21-9-5-19(6-10-21)30-27(29-16-15-18-3-13-23(14-4-18)39(28,34)35)38-24-17-25(32)31(26(24)33)20-7-11-22(37-2)12-8-20/h3-14,24H,15-17H2,1-2H3,(H,29,30)(H2,28,34,35). The van der Waals surface area contributed by atoms with Crippen molar-refractivity contribution in [1.29, 1.82) is 0 Å². The second-order valence-electron chi connectivity index (χ2n) is 8.56. The highest BCUT2D eigenvalue weighted by atomic mass is 32.2. The van der Waals surface area contributed by atoms with Crippen molar-refractivity contribution in [2.45, 2.75) is 23.0 Å². The van der Waals surface area contributed by atoms with Crippen LogP contribution in [0.15, 0.2) is 82.7 Å². The Balaban J connectivity index is 1.49. The number of anilines is 1. The van der Waals surface area contributed by atoms with Gasteiger partial charge in [-0.15, -0.1) is 0 Å². The van der Waals surface area contributed by atoms with Crippen molar-refractivity contribution >= 4 is 50.1 Å². The Kier molecular flexibility index (Phi) is 8.90. The van der Waals surface area contributed by atoms with Gasteiger partial charge in [-0.2, -0.15) is 0 Å². The number of methoxy groups -OCH3 is 2. The minimum Gasteiger partial charge on any atom is -0.497 e. The molecule has 0 saturated carbocycles. The highest BCUT2D eigenvalue weighted by Gasteiger charge is 2.40. The molecule has 2 amide bonds. The summed E-state index contributed by atoms with van der Waals surface area (Å²) in [7, 11) is -0.638. The maximum Gasteiger partial charge on any atom is 0.247 e. The van der Waals surface area contributed by atoms with Gasteiger partial charge in [0.05, 0.1) is 30.5 Å². The number of aliphatic imine (C=N–C) groups is 1. The number of ether oxygens (including phenoxy) is 2. The average molecular weight is 569 g/mol. The van der Waals surface area contributed by atoms with Crippen molar-refractivity contribution in [2.24, 2.45) is 10.1 Å². The number of sulfonamides is 1. The van der Waals surface area contributed by atoms with Crippen molar-refractivity contribution in [3.05, 3.63) is 78.4 Å². The molecule has 0 aromatic heterocycles. The lowest BCUT2D eigenvalue weighted by Crippen LogP contribution is -2.32. The van der Waals surface area contributed by atoms with E-state index in [4.69, 9.17) is 14.6 Å². The fourth-order valence-electron chi connectivity index (χ4n) is 3.87. The number of carbonyl (C=O) groups excluding carboxylic acids is 2. The Morgan fingerprint density at radius 2 is 1.56 bits per heavy atom. The third kappa shape index (κ3) is 7.16. The van der Waals surface area contributed by atoms with E-state index in [2.05, 4.69) is 10.3 Å². The lowest BCUT2D eigenvalue weighted by molar-refractivity contribution is -0.121. The Morgan fingerprint density at radius 1 is 0.974 bits per heavy atom. The number of rotatable bonds is 9. The molecule has 1 atom stereocenters. The highest BCUT2D eigenvalue weighted by Crippen LogP contribution is 2.32. The van der Waals surface area contributed by atoms with Crippen molar-refractivity contribution in [2.75, 3.05) is 25.7 Å². The van der Waals surface area contributed by atoms with Crippen LogP contribution in [-0.4, -0.2) is 51.4 Å². The third-order valence-corrected chi connectivity index (χ3v) is 7.98. The first-order chi connectivity index (χ1) is 18.7. The minimum absolute atomic E-state index is 0.0356. The van der Waals surface area contributed by atoms with Crippen molar-refractivity contribution in [3.63, 3.8) is 0 Å². The summed E-state index contributed by atoms with van der Waals surface area (Å²) in [5.41, 5.74) is 2.02. The number of benzene rings is 3. The summed E-state index contributed by atoms with van der Waals surface area (Å²) < 4.78 is 33.4. The summed E-state index contributed by atoms with van der Waals surface area (Å²) >= 11 is 1.19. The molecule has 0 aliphatic carbocycles. The molecule has 0 bridgehead atoms. The second-order valence-corrected chi connectivity index (χ2v) is 11.3. The van der Waals surface area contributed by atoms with E-state index >= 15 is 0 Å². The molecule has 4 rings (SSSR count). The Morgan fingerprint density at radius 3 is 2.13 bits per heavy atom. The van der Waals surface area contributed by atoms with Crippen molar-refractivity contribution in [1.82, 2.24) is 5.32 Å². The number of hydrogen-bond acceptors (Lipinski definition) is 8. The molecule has 39 heavy (non-hydrogen) atoms. The highest BCUT2D eigenvalue weighted by molar-refractivity contribution is 8.15. The van der Waals surface area contributed by atoms with Crippen LogP contribution in [0.4, 0.5) is 11.4 Å². The number of nitrogens with one attached hydrogen (secondary N) is 1. The molecular weight excluding hydrogens is 540 g/mol. The van der Waals surface area contributed by atoms with E-state index in [0.717, 1.165) is 5.56 Å². The average Bonchev–Trinajstić information content (AvgIpc) is 3.21. The van der Waals surface area contributed by atoms with Gasteiger partial charge in [-0.05, 0) is 72.6 Å². The molecule has 10 nitrogen and oxygen atoms in total. The molecule has 1 aliphatic rings. The van der Waals surface area contributed by atoms with Crippen LogP contribution in [0.25, 0.3) is 0 Å². The summed E-state index contributed by atoms with van der Waals surface area (Å²) in [6.45, 7) is 0.452. The summed E-state index contributed by atoms with van der Waals surface area (Å²) in [6.07, 6.45) is 0.594. The smallest absolute Gasteiger partial charge is 0.247 e. The molecule has 1 aliphatic heterocycles. The normalized spacial score (nSPS) is 15.9. The molecule has 0 spiro atoms. The van der Waals surface area contributed by atoms with E-state index in [9.17, 15) is 18.0 Å². The predicted molar refractivity (Wildman–Crippen MR) is 151 cm³/mol. The van der Waals surface area contributed by atoms with Crippen LogP contribution < -0.4 is 24.8 Å². The van der Waals surface area contributed by atoms with Gasteiger partial charge in [0.25, 0.3) is 0 Å². The van der Waals surface area contributed by atoms with E-state index in [1.807, 2.05) is 0 Å². The Hall–Kier alpha value is -3.87. The van der Waals surface area contributed by atoms with Gasteiger partial charge in [-0.3, -0.25) is 9.59 Å². The fourth-order valence-corrected chi connectivity index (χ4v) is 5.44. The van der Waals surface area contributed by atoms with Gasteiger partial charge in [-0.25, -0.2) is 23.4 Å². The van der Waals surface area contributed by atoms with Crippen LogP contribution in [0, 0.1) is 0 Å². The van der Waals surface area contributed by atoms with Gasteiger partial charge in [0.1, 0.15) is 16.7 Å². The van der Waals surface area contributed by atoms with Gasteiger partial charge in [-0.1, -0.05) is 23.9 Å². The number of thioether (sulfide) groups is 1. The SMILES string of the molecule is COc1ccc(/N=C(\NCCc2ccc(S(N)(=O)=O)cc2)SC2CC(=O)N(c3ccc(OC)cc3)C2=O)cc1. The number of carbonyl (C=O) groups is 2. The fraction of sp³-hybridized carbons (Fsp3) is 0.222. The van der Waals surface area contributed by atoms with Crippen LogP contribution in [0.5, 0.6) is 11.5 Å². The molecule has 0 radical (unpaired) electrons. The van der Waals surface area contributed by atoms with Gasteiger partial charge >= 0.3 is 0 Å². The molecule has 3 aromatic carbocycles. The molecule has 204 valence electrons. The maximum atomic E-state index is 13.2. The summed E-state index contributed by atoms with van der Waals surface area (Å²) in [4.78, 5) is 31.9. The third-order valence-electron chi connectivity index (χ3n) is 5.93. The van der Waals surface area contributed by atoms with E-state index < -0.39 is 15.3 Å². The van der Waals surface area contributed by atoms with E-state index in [1.54, 1.807) is 74.9 Å². The largest absolute Gasteiger partial charge is 0.497 e. The van der Waals surface area contributed by atoms with Crippen molar-refractivity contribution in [3.8, 4) is 11.5 Å². The van der Waals surface area contributed by atoms with E-state index in [1.165, 1.54) is 28.8 Å². The number of nitrogens with zero attached hydrogens (tertiary/aromatic N) is 2. The number of amides is 2. The van der Waals surface area contributed by atoms with Crippen LogP contribution >= 0.6 is 11.8 Å². The lowest BCUT2D eigenvalue weighted by Gasteiger charge is -2.16. The van der Waals surface area contributed by atoms with Gasteiger partial charge < -0.3 is 14.8 Å². The van der Waals surface area contributed by atoms with Crippen molar-refractivity contribution < 1.29 is 27.5 Å². The summed E-state index contributed by atoms with van der Waals surface area (Å²) in [6, 6.07) is 20.2. The number of primary sulfonamides is 1. The monoisotopic (exact) mass is 568 g/mol. The molecule has 12 heteroatoms. The predicted octanol–water partition coefficient (Wildman–Crippen LogP) is 3.24. The second kappa shape index (κ2) is 12.3. The van der Waals surface area contributed by atoms with E-state index in [0.29, 0.717) is 41.0 Å². The quantitative estimate of drug-likeness (QED) is 0.228. The first-order valence-electron chi connectivity index (χ1n) is 11.9. The van der Waals surface area contributed by atoms with Crippen LogP contribution in [0.2, 0.25) is 0 Å². The van der Waals surface area contributed by atoms with Crippen LogP contribution in [0.3, 0.4) is 0 Å². The molecule has 1 fully saturated rings. The molecule has 1 unspecified atom stereocenters. The maximum absolute atomic E-state index is 13.2. The Bertz CT molecular complexity index is 1460. The lowest BCUT2D eigenvalue weighted by atomic mass is 10.1. The Labute approximate surface area is 231 Å². The van der Waals surface area contributed by atoms with Crippen LogP contribution in [0.1, 0.15) is 12.0 Å². The topological polar surface area (TPSA) is 140 Å².